The van der Waals surface area contributed by atoms with E-state index in [0.29, 0.717) is 5.58 Å². The van der Waals surface area contributed by atoms with E-state index in [-0.39, 0.29) is 0 Å². The molecule has 21 heavy (non-hydrogen) atoms. The summed E-state index contributed by atoms with van der Waals surface area (Å²) in [6.07, 6.45) is 1.81. The zero-order chi connectivity index (χ0) is 14.8. The van der Waals surface area contributed by atoms with Crippen LogP contribution in [0.15, 0.2) is 51.7 Å². The minimum atomic E-state index is -0.399. The van der Waals surface area contributed by atoms with Crippen molar-refractivity contribution in [1.29, 1.82) is 0 Å². The summed E-state index contributed by atoms with van der Waals surface area (Å²) in [5.74, 6) is -0.399. The van der Waals surface area contributed by atoms with Crippen molar-refractivity contribution in [3.63, 3.8) is 0 Å². The van der Waals surface area contributed by atoms with Crippen LogP contribution in [0.4, 0.5) is 5.69 Å². The molecule has 0 saturated heterocycles. The lowest BCUT2D eigenvalue weighted by molar-refractivity contribution is 0.532. The van der Waals surface area contributed by atoms with Crippen LogP contribution in [-0.2, 0) is 12.8 Å². The molecule has 0 saturated carbocycles. The number of nitrogens with one attached hydrogen (secondary N) is 1. The van der Waals surface area contributed by atoms with E-state index in [1.165, 1.54) is 15.8 Å². The monoisotopic (exact) mass is 282 g/mol. The van der Waals surface area contributed by atoms with E-state index in [4.69, 9.17) is 4.42 Å². The molecule has 1 aromatic heterocycles. The number of nitrogens with zero attached hydrogens (tertiary/aromatic N) is 1. The average Bonchev–Trinajstić information content (AvgIpc) is 2.83. The normalized spacial score (nSPS) is 11.0. The summed E-state index contributed by atoms with van der Waals surface area (Å²) >= 11 is 0. The number of oxazole rings is 1. The Morgan fingerprint density at radius 1 is 1.00 bits per heavy atom. The average molecular weight is 282 g/mol. The van der Waals surface area contributed by atoms with Gasteiger partial charge in [0.1, 0.15) is 5.52 Å². The van der Waals surface area contributed by atoms with Gasteiger partial charge in [0.05, 0.1) is 5.69 Å². The van der Waals surface area contributed by atoms with Gasteiger partial charge in [-0.05, 0) is 36.1 Å². The number of aromatic nitrogens is 1. The summed E-state index contributed by atoms with van der Waals surface area (Å²) in [5.41, 5.74) is 7.95. The van der Waals surface area contributed by atoms with E-state index in [2.05, 4.69) is 37.5 Å². The highest BCUT2D eigenvalue weighted by Gasteiger charge is 2.12. The number of aryl methyl sites for hydroxylation is 2. The van der Waals surface area contributed by atoms with Gasteiger partial charge in [-0.25, -0.2) is 4.79 Å². The molecule has 0 aliphatic carbocycles. The van der Waals surface area contributed by atoms with E-state index in [9.17, 15) is 4.79 Å². The quantitative estimate of drug-likeness (QED) is 0.795. The first kappa shape index (κ1) is 13.5. The zero-order valence-corrected chi connectivity index (χ0v) is 12.2. The van der Waals surface area contributed by atoms with Crippen molar-refractivity contribution in [2.75, 3.05) is 5.43 Å². The maximum atomic E-state index is 12.1. The number of benzene rings is 2. The van der Waals surface area contributed by atoms with Crippen molar-refractivity contribution < 1.29 is 4.42 Å². The van der Waals surface area contributed by atoms with E-state index in [1.54, 1.807) is 6.07 Å². The molecule has 0 unspecified atom stereocenters. The first-order chi connectivity index (χ1) is 10.2. The van der Waals surface area contributed by atoms with Gasteiger partial charge >= 0.3 is 5.76 Å². The molecule has 1 N–H and O–H groups in total. The van der Waals surface area contributed by atoms with E-state index < -0.39 is 5.76 Å². The highest BCUT2D eigenvalue weighted by molar-refractivity contribution is 5.74. The highest BCUT2D eigenvalue weighted by Crippen LogP contribution is 2.23. The van der Waals surface area contributed by atoms with Crippen LogP contribution < -0.4 is 11.2 Å². The van der Waals surface area contributed by atoms with Crippen LogP contribution in [0.3, 0.4) is 0 Å². The standard InChI is InChI=1S/C17H18N2O2/c1-3-12-8-7-9-13(4-2)16(12)18-19-14-10-5-6-11-15(14)21-17(19)20/h5-11,18H,3-4H2,1-2H3. The minimum Gasteiger partial charge on any atom is -0.406 e. The Balaban J connectivity index is 2.15. The van der Waals surface area contributed by atoms with Crippen LogP contribution in [0.1, 0.15) is 25.0 Å². The molecular formula is C17H18N2O2. The lowest BCUT2D eigenvalue weighted by Crippen LogP contribution is -2.23. The van der Waals surface area contributed by atoms with Gasteiger partial charge in [-0.2, -0.15) is 4.68 Å². The van der Waals surface area contributed by atoms with Crippen LogP contribution in [0.25, 0.3) is 11.1 Å². The summed E-state index contributed by atoms with van der Waals surface area (Å²) in [4.78, 5) is 12.1. The molecule has 0 aliphatic rings. The van der Waals surface area contributed by atoms with E-state index in [1.807, 2.05) is 18.2 Å². The molecule has 4 nitrogen and oxygen atoms in total. The number of anilines is 1. The predicted molar refractivity (Wildman–Crippen MR) is 84.7 cm³/mol. The summed E-state index contributed by atoms with van der Waals surface area (Å²) in [5, 5.41) is 0. The fourth-order valence-electron chi connectivity index (χ4n) is 2.57. The number of fused-ring (bicyclic) bond motifs is 1. The van der Waals surface area contributed by atoms with Crippen molar-refractivity contribution in [2.24, 2.45) is 0 Å². The second kappa shape index (κ2) is 5.48. The van der Waals surface area contributed by atoms with Gasteiger partial charge in [0.25, 0.3) is 0 Å². The Morgan fingerprint density at radius 3 is 2.33 bits per heavy atom. The fraction of sp³-hybridized carbons (Fsp3) is 0.235. The summed E-state index contributed by atoms with van der Waals surface area (Å²) in [6, 6.07) is 13.6. The number of hydrogen-bond acceptors (Lipinski definition) is 3. The van der Waals surface area contributed by atoms with E-state index in [0.717, 1.165) is 24.0 Å². The van der Waals surface area contributed by atoms with Crippen molar-refractivity contribution in [1.82, 2.24) is 4.68 Å². The second-order valence-electron chi connectivity index (χ2n) is 4.94. The third kappa shape index (κ3) is 2.33. The molecule has 4 heteroatoms. The Morgan fingerprint density at radius 2 is 1.67 bits per heavy atom. The Hall–Kier alpha value is -2.49. The molecule has 3 aromatic rings. The first-order valence-corrected chi connectivity index (χ1v) is 7.23. The van der Waals surface area contributed by atoms with Crippen molar-refractivity contribution in [3.8, 4) is 0 Å². The number of hydrogen-bond donors (Lipinski definition) is 1. The lowest BCUT2D eigenvalue weighted by atomic mass is 10.0. The van der Waals surface area contributed by atoms with Crippen molar-refractivity contribution in [3.05, 3.63) is 64.1 Å². The molecule has 0 fully saturated rings. The smallest absolute Gasteiger partial charge is 0.406 e. The Labute approximate surface area is 123 Å². The molecule has 0 aliphatic heterocycles. The predicted octanol–water partition coefficient (Wildman–Crippen LogP) is 3.59. The maximum Gasteiger partial charge on any atom is 0.439 e. The van der Waals surface area contributed by atoms with Gasteiger partial charge in [0.2, 0.25) is 0 Å². The minimum absolute atomic E-state index is 0.399. The molecule has 0 bridgehead atoms. The number of rotatable bonds is 4. The molecular weight excluding hydrogens is 264 g/mol. The van der Waals surface area contributed by atoms with E-state index >= 15 is 0 Å². The Kier molecular flexibility index (Phi) is 3.52. The second-order valence-corrected chi connectivity index (χ2v) is 4.94. The Bertz CT molecular complexity index is 808. The first-order valence-electron chi connectivity index (χ1n) is 7.23. The lowest BCUT2D eigenvalue weighted by Gasteiger charge is -2.15. The summed E-state index contributed by atoms with van der Waals surface area (Å²) in [7, 11) is 0. The molecule has 2 aromatic carbocycles. The zero-order valence-electron chi connectivity index (χ0n) is 12.2. The van der Waals surface area contributed by atoms with Gasteiger partial charge in [-0.3, -0.25) is 5.43 Å². The largest absolute Gasteiger partial charge is 0.439 e. The van der Waals surface area contributed by atoms with Gasteiger partial charge in [0.15, 0.2) is 5.58 Å². The summed E-state index contributed by atoms with van der Waals surface area (Å²) in [6.45, 7) is 4.21. The third-order valence-electron chi connectivity index (χ3n) is 3.71. The van der Waals surface area contributed by atoms with Crippen LogP contribution >= 0.6 is 0 Å². The molecule has 0 radical (unpaired) electrons. The van der Waals surface area contributed by atoms with Crippen molar-refractivity contribution >= 4 is 16.8 Å². The van der Waals surface area contributed by atoms with Crippen LogP contribution in [0, 0.1) is 0 Å². The van der Waals surface area contributed by atoms with Gasteiger partial charge in [-0.15, -0.1) is 0 Å². The fourth-order valence-corrected chi connectivity index (χ4v) is 2.57. The molecule has 3 rings (SSSR count). The van der Waals surface area contributed by atoms with Crippen LogP contribution in [0.2, 0.25) is 0 Å². The third-order valence-corrected chi connectivity index (χ3v) is 3.71. The summed E-state index contributed by atoms with van der Waals surface area (Å²) < 4.78 is 6.74. The topological polar surface area (TPSA) is 47.2 Å². The van der Waals surface area contributed by atoms with Gasteiger partial charge in [-0.1, -0.05) is 44.2 Å². The van der Waals surface area contributed by atoms with Gasteiger partial charge < -0.3 is 4.42 Å². The molecule has 0 amide bonds. The SMILES string of the molecule is CCc1cccc(CC)c1Nn1c(=O)oc2ccccc21. The van der Waals surface area contributed by atoms with Crippen LogP contribution in [0.5, 0.6) is 0 Å². The molecule has 1 heterocycles. The molecule has 0 atom stereocenters. The molecule has 0 spiro atoms. The highest BCUT2D eigenvalue weighted by atomic mass is 16.4. The van der Waals surface area contributed by atoms with Crippen molar-refractivity contribution in [2.45, 2.75) is 26.7 Å². The van der Waals surface area contributed by atoms with Gasteiger partial charge in [0, 0.05) is 0 Å². The molecule has 108 valence electrons. The number of para-hydroxylation sites is 3. The van der Waals surface area contributed by atoms with Crippen LogP contribution in [-0.4, -0.2) is 4.68 Å². The maximum absolute atomic E-state index is 12.1.